The second-order valence-electron chi connectivity index (χ2n) is 4.41. The van der Waals surface area contributed by atoms with Crippen LogP contribution in [0.4, 0.5) is 5.82 Å². The molecule has 0 unspecified atom stereocenters. The van der Waals surface area contributed by atoms with E-state index in [9.17, 15) is 4.79 Å². The van der Waals surface area contributed by atoms with Crippen molar-refractivity contribution in [2.24, 2.45) is 0 Å². The normalized spacial score (nSPS) is 10.4. The minimum Gasteiger partial charge on any atom is -1.00 e. The molecule has 0 saturated carbocycles. The molecule has 0 bridgehead atoms. The van der Waals surface area contributed by atoms with Gasteiger partial charge in [-0.15, -0.1) is 0 Å². The molecule has 0 aliphatic carbocycles. The highest BCUT2D eigenvalue weighted by molar-refractivity contribution is 6.30. The first-order chi connectivity index (χ1) is 9.60. The van der Waals surface area contributed by atoms with Crippen LogP contribution >= 0.6 is 11.6 Å². The van der Waals surface area contributed by atoms with Crippen molar-refractivity contribution in [2.75, 3.05) is 5.73 Å². The number of benzene rings is 1. The lowest BCUT2D eigenvalue weighted by Crippen LogP contribution is -3.00. The third-order valence-corrected chi connectivity index (χ3v) is 3.23. The number of halogens is 2. The van der Waals surface area contributed by atoms with Crippen molar-refractivity contribution in [3.05, 3.63) is 64.8 Å². The van der Waals surface area contributed by atoms with Crippen LogP contribution in [-0.2, 0) is 6.42 Å². The van der Waals surface area contributed by atoms with Gasteiger partial charge in [0, 0.05) is 17.7 Å². The van der Waals surface area contributed by atoms with E-state index in [4.69, 9.17) is 17.3 Å². The maximum atomic E-state index is 12.0. The number of anilines is 1. The molecule has 0 amide bonds. The van der Waals surface area contributed by atoms with E-state index in [0.29, 0.717) is 16.4 Å². The summed E-state index contributed by atoms with van der Waals surface area (Å²) in [5.41, 5.74) is 7.65. The lowest BCUT2D eigenvalue weighted by atomic mass is 10.1. The SMILES string of the molecule is CCc1ccc(C(=O)/C=C/[n+]2cc(Cl)ccc2N)cc1.[Cl-]. The third kappa shape index (κ3) is 4.59. The number of aryl methyl sites for hydroxylation is 1. The summed E-state index contributed by atoms with van der Waals surface area (Å²) >= 11 is 5.89. The van der Waals surface area contributed by atoms with E-state index in [2.05, 4.69) is 6.92 Å². The largest absolute Gasteiger partial charge is 1.00 e. The van der Waals surface area contributed by atoms with Gasteiger partial charge < -0.3 is 12.4 Å². The van der Waals surface area contributed by atoms with Gasteiger partial charge in [-0.3, -0.25) is 10.5 Å². The number of pyridine rings is 1. The molecule has 1 heterocycles. The number of nitrogens with zero attached hydrogens (tertiary/aromatic N) is 1. The number of carbonyl (C=O) groups is 1. The number of nitrogen functional groups attached to an aromatic ring is 1. The Balaban J connectivity index is 0.00000220. The highest BCUT2D eigenvalue weighted by Crippen LogP contribution is 2.08. The summed E-state index contributed by atoms with van der Waals surface area (Å²) < 4.78 is 1.61. The van der Waals surface area contributed by atoms with Gasteiger partial charge in [0.15, 0.2) is 5.78 Å². The Morgan fingerprint density at radius 2 is 1.90 bits per heavy atom. The van der Waals surface area contributed by atoms with E-state index >= 15 is 0 Å². The maximum absolute atomic E-state index is 12.0. The first-order valence-corrected chi connectivity index (χ1v) is 6.75. The van der Waals surface area contributed by atoms with Crippen LogP contribution in [0.3, 0.4) is 0 Å². The molecule has 2 aromatic rings. The van der Waals surface area contributed by atoms with Crippen LogP contribution in [0.25, 0.3) is 6.20 Å². The molecule has 0 fully saturated rings. The molecule has 0 aliphatic rings. The summed E-state index contributed by atoms with van der Waals surface area (Å²) in [5, 5.41) is 0.559. The number of hydrogen-bond acceptors (Lipinski definition) is 2. The minimum absolute atomic E-state index is 0. The standard InChI is InChI=1S/C16H15ClN2O.ClH/c1-2-12-3-5-13(6-4-12)15(20)9-10-19-11-14(17)7-8-16(19)18;/h3-11,18H,2H2,1H3;1H/b10-9+;. The van der Waals surface area contributed by atoms with E-state index in [1.807, 2.05) is 24.3 Å². The van der Waals surface area contributed by atoms with Crippen LogP contribution in [0.15, 0.2) is 48.7 Å². The molecule has 110 valence electrons. The van der Waals surface area contributed by atoms with Gasteiger partial charge in [-0.1, -0.05) is 42.8 Å². The highest BCUT2D eigenvalue weighted by atomic mass is 35.5. The fourth-order valence-corrected chi connectivity index (χ4v) is 1.95. The second kappa shape index (κ2) is 7.81. The number of hydrogen-bond donors (Lipinski definition) is 1. The average molecular weight is 323 g/mol. The van der Waals surface area contributed by atoms with Gasteiger partial charge in [0.25, 0.3) is 5.82 Å². The molecule has 0 spiro atoms. The molecule has 5 heteroatoms. The third-order valence-electron chi connectivity index (χ3n) is 3.01. The number of nitrogens with two attached hydrogens (primary N) is 1. The van der Waals surface area contributed by atoms with Gasteiger partial charge in [-0.2, -0.15) is 0 Å². The molecule has 0 saturated heterocycles. The molecular weight excluding hydrogens is 307 g/mol. The lowest BCUT2D eigenvalue weighted by Gasteiger charge is -1.99. The zero-order chi connectivity index (χ0) is 14.5. The molecule has 0 aliphatic heterocycles. The number of allylic oxidation sites excluding steroid dienone is 1. The monoisotopic (exact) mass is 322 g/mol. The summed E-state index contributed by atoms with van der Waals surface area (Å²) in [7, 11) is 0. The summed E-state index contributed by atoms with van der Waals surface area (Å²) in [6, 6.07) is 11.0. The van der Waals surface area contributed by atoms with Crippen molar-refractivity contribution in [3.8, 4) is 0 Å². The molecule has 21 heavy (non-hydrogen) atoms. The highest BCUT2D eigenvalue weighted by Gasteiger charge is 2.05. The number of carbonyl (C=O) groups excluding carboxylic acids is 1. The van der Waals surface area contributed by atoms with Crippen molar-refractivity contribution in [2.45, 2.75) is 13.3 Å². The molecule has 2 N–H and O–H groups in total. The minimum atomic E-state index is -0.0699. The summed E-state index contributed by atoms with van der Waals surface area (Å²) in [4.78, 5) is 12.0. The average Bonchev–Trinajstić information content (AvgIpc) is 2.48. The van der Waals surface area contributed by atoms with Crippen LogP contribution < -0.4 is 22.7 Å². The molecule has 2 rings (SSSR count). The quantitative estimate of drug-likeness (QED) is 0.494. The maximum Gasteiger partial charge on any atom is 0.277 e. The van der Waals surface area contributed by atoms with Gasteiger partial charge in [-0.25, -0.2) is 4.57 Å². The van der Waals surface area contributed by atoms with Crippen LogP contribution in [-0.4, -0.2) is 5.78 Å². The van der Waals surface area contributed by atoms with Gasteiger partial charge in [0.05, 0.1) is 11.2 Å². The van der Waals surface area contributed by atoms with Crippen LogP contribution in [0.2, 0.25) is 5.02 Å². The Bertz CT molecular complexity index is 652. The Kier molecular flexibility index (Phi) is 6.40. The topological polar surface area (TPSA) is 47.0 Å². The molecule has 0 radical (unpaired) electrons. The predicted octanol–water partition coefficient (Wildman–Crippen LogP) is 0.130. The summed E-state index contributed by atoms with van der Waals surface area (Å²) in [5.74, 6) is 0.444. The van der Waals surface area contributed by atoms with Crippen molar-refractivity contribution < 1.29 is 21.8 Å². The number of rotatable bonds is 4. The predicted molar refractivity (Wildman–Crippen MR) is 81.5 cm³/mol. The van der Waals surface area contributed by atoms with Gasteiger partial charge in [0.1, 0.15) is 6.20 Å². The van der Waals surface area contributed by atoms with Gasteiger partial charge in [-0.05, 0) is 18.1 Å². The van der Waals surface area contributed by atoms with Crippen LogP contribution in [0.1, 0.15) is 22.8 Å². The smallest absolute Gasteiger partial charge is 0.277 e. The van der Waals surface area contributed by atoms with Crippen LogP contribution in [0, 0.1) is 0 Å². The van der Waals surface area contributed by atoms with Crippen molar-refractivity contribution in [1.29, 1.82) is 0 Å². The number of ketones is 1. The van der Waals surface area contributed by atoms with Crippen molar-refractivity contribution in [3.63, 3.8) is 0 Å². The van der Waals surface area contributed by atoms with Crippen molar-refractivity contribution >= 4 is 29.4 Å². The fraction of sp³-hybridized carbons (Fsp3) is 0.125. The zero-order valence-electron chi connectivity index (χ0n) is 11.6. The Labute approximate surface area is 135 Å². The molecule has 1 aromatic heterocycles. The van der Waals surface area contributed by atoms with E-state index in [1.165, 1.54) is 11.6 Å². The Morgan fingerprint density at radius 3 is 2.52 bits per heavy atom. The Hall–Kier alpha value is -1.84. The lowest BCUT2D eigenvalue weighted by molar-refractivity contribution is -0.552. The summed E-state index contributed by atoms with van der Waals surface area (Å²) in [6.07, 6.45) is 5.70. The second-order valence-corrected chi connectivity index (χ2v) is 4.85. The van der Waals surface area contributed by atoms with E-state index in [-0.39, 0.29) is 18.2 Å². The molecular formula is C16H16Cl2N2O. The van der Waals surface area contributed by atoms with Crippen LogP contribution in [0.5, 0.6) is 0 Å². The zero-order valence-corrected chi connectivity index (χ0v) is 13.1. The first kappa shape index (κ1) is 17.2. The summed E-state index contributed by atoms with van der Waals surface area (Å²) in [6.45, 7) is 2.08. The van der Waals surface area contributed by atoms with Crippen molar-refractivity contribution in [1.82, 2.24) is 0 Å². The van der Waals surface area contributed by atoms with E-state index < -0.39 is 0 Å². The Morgan fingerprint density at radius 1 is 1.24 bits per heavy atom. The van der Waals surface area contributed by atoms with E-state index in [1.54, 1.807) is 29.1 Å². The number of aromatic nitrogens is 1. The van der Waals surface area contributed by atoms with Gasteiger partial charge >= 0.3 is 0 Å². The van der Waals surface area contributed by atoms with Gasteiger partial charge in [0.2, 0.25) is 0 Å². The molecule has 3 nitrogen and oxygen atoms in total. The van der Waals surface area contributed by atoms with E-state index in [0.717, 1.165) is 6.42 Å². The molecule has 1 aromatic carbocycles. The first-order valence-electron chi connectivity index (χ1n) is 6.38. The fourth-order valence-electron chi connectivity index (χ4n) is 1.78. The molecule has 0 atom stereocenters.